The molecule has 1 aromatic heterocycles. The van der Waals surface area contributed by atoms with E-state index in [-0.39, 0.29) is 18.3 Å². The van der Waals surface area contributed by atoms with Gasteiger partial charge in [0.2, 0.25) is 0 Å². The van der Waals surface area contributed by atoms with E-state index in [0.29, 0.717) is 36.6 Å². The molecule has 1 fully saturated rings. The van der Waals surface area contributed by atoms with Crippen LogP contribution in [0.1, 0.15) is 49.3 Å². The molecule has 1 N–H and O–H groups in total. The fraction of sp³-hybridized carbons (Fsp3) is 0.609. The number of nitrogens with one attached hydrogen (secondary N) is 1. The van der Waals surface area contributed by atoms with E-state index < -0.39 is 11.7 Å². The van der Waals surface area contributed by atoms with Crippen LogP contribution < -0.4 is 4.74 Å². The molecule has 31 heavy (non-hydrogen) atoms. The van der Waals surface area contributed by atoms with Crippen molar-refractivity contribution in [3.05, 3.63) is 35.0 Å². The van der Waals surface area contributed by atoms with Crippen LogP contribution in [0, 0.1) is 12.8 Å². The third kappa shape index (κ3) is 6.23. The zero-order valence-electron chi connectivity index (χ0n) is 18.5. The SMILES string of the molecule is CCCCN(C)Cc1cn[nH]c1-c1cc(C)c(OCC2CCOCC2)c(C(F)(F)F)c1. The number of hydrogen-bond acceptors (Lipinski definition) is 4. The molecular formula is C23H32F3N3O2. The number of aromatic nitrogens is 2. The number of nitrogens with zero attached hydrogens (tertiary/aromatic N) is 2. The summed E-state index contributed by atoms with van der Waals surface area (Å²) in [6.45, 7) is 6.87. The lowest BCUT2D eigenvalue weighted by Crippen LogP contribution is -2.22. The Balaban J connectivity index is 1.86. The summed E-state index contributed by atoms with van der Waals surface area (Å²) < 4.78 is 52.9. The molecule has 3 rings (SSSR count). The first-order valence-corrected chi connectivity index (χ1v) is 10.9. The first-order valence-electron chi connectivity index (χ1n) is 10.9. The first-order chi connectivity index (χ1) is 14.8. The van der Waals surface area contributed by atoms with Gasteiger partial charge in [0.25, 0.3) is 0 Å². The lowest BCUT2D eigenvalue weighted by atomic mass is 9.99. The van der Waals surface area contributed by atoms with E-state index in [1.807, 2.05) is 7.05 Å². The van der Waals surface area contributed by atoms with E-state index in [9.17, 15) is 13.2 Å². The molecule has 172 valence electrons. The summed E-state index contributed by atoms with van der Waals surface area (Å²) in [7, 11) is 2.01. The van der Waals surface area contributed by atoms with Crippen molar-refractivity contribution in [3.8, 4) is 17.0 Å². The van der Waals surface area contributed by atoms with Gasteiger partial charge in [0.1, 0.15) is 5.75 Å². The molecule has 0 spiro atoms. The molecule has 5 nitrogen and oxygen atoms in total. The molecule has 0 unspecified atom stereocenters. The number of alkyl halides is 3. The number of halogens is 3. The predicted molar refractivity (Wildman–Crippen MR) is 114 cm³/mol. The number of aryl methyl sites for hydroxylation is 1. The Morgan fingerprint density at radius 3 is 2.68 bits per heavy atom. The second-order valence-electron chi connectivity index (χ2n) is 8.40. The minimum absolute atomic E-state index is 0.0797. The van der Waals surface area contributed by atoms with Crippen LogP contribution in [0.15, 0.2) is 18.3 Å². The van der Waals surface area contributed by atoms with E-state index in [0.717, 1.165) is 37.8 Å². The lowest BCUT2D eigenvalue weighted by molar-refractivity contribution is -0.139. The smallest absolute Gasteiger partial charge is 0.419 e. The van der Waals surface area contributed by atoms with Gasteiger partial charge in [-0.1, -0.05) is 13.3 Å². The number of unbranched alkanes of at least 4 members (excludes halogenated alkanes) is 1. The molecule has 0 radical (unpaired) electrons. The standard InChI is InChI=1S/C23H32F3N3O2/c1-4-5-8-29(3)14-19-13-27-28-21(19)18-11-16(2)22(20(12-18)23(24,25)26)31-15-17-6-9-30-10-7-17/h11-13,17H,4-10,14-15H2,1-3H3,(H,27,28). The van der Waals surface area contributed by atoms with Crippen LogP contribution >= 0.6 is 0 Å². The fourth-order valence-electron chi connectivity index (χ4n) is 3.91. The zero-order chi connectivity index (χ0) is 22.4. The van der Waals surface area contributed by atoms with Crippen molar-refractivity contribution in [3.63, 3.8) is 0 Å². The number of benzene rings is 1. The molecule has 1 aromatic carbocycles. The monoisotopic (exact) mass is 439 g/mol. The predicted octanol–water partition coefficient (Wildman–Crippen LogP) is 5.44. The molecule has 0 saturated carbocycles. The summed E-state index contributed by atoms with van der Waals surface area (Å²) in [5, 5.41) is 6.99. The van der Waals surface area contributed by atoms with Crippen molar-refractivity contribution >= 4 is 0 Å². The van der Waals surface area contributed by atoms with Crippen LogP contribution in [-0.4, -0.2) is 48.5 Å². The summed E-state index contributed by atoms with van der Waals surface area (Å²) >= 11 is 0. The van der Waals surface area contributed by atoms with Crippen LogP contribution in [0.4, 0.5) is 13.2 Å². The Morgan fingerprint density at radius 1 is 1.26 bits per heavy atom. The minimum atomic E-state index is -4.51. The number of ether oxygens (including phenoxy) is 2. The lowest BCUT2D eigenvalue weighted by Gasteiger charge is -2.24. The molecule has 0 amide bonds. The molecule has 0 bridgehead atoms. The highest BCUT2D eigenvalue weighted by Gasteiger charge is 2.36. The van der Waals surface area contributed by atoms with Crippen LogP contribution in [0.3, 0.4) is 0 Å². The van der Waals surface area contributed by atoms with Gasteiger partial charge in [-0.15, -0.1) is 0 Å². The van der Waals surface area contributed by atoms with Crippen molar-refractivity contribution in [2.45, 2.75) is 52.3 Å². The number of aromatic amines is 1. The van der Waals surface area contributed by atoms with Gasteiger partial charge in [0.15, 0.2) is 0 Å². The van der Waals surface area contributed by atoms with E-state index in [2.05, 4.69) is 22.0 Å². The highest BCUT2D eigenvalue weighted by Crippen LogP contribution is 2.41. The van der Waals surface area contributed by atoms with Gasteiger partial charge in [-0.25, -0.2) is 0 Å². The quantitative estimate of drug-likeness (QED) is 0.565. The summed E-state index contributed by atoms with van der Waals surface area (Å²) in [6, 6.07) is 2.92. The summed E-state index contributed by atoms with van der Waals surface area (Å²) in [4.78, 5) is 2.15. The van der Waals surface area contributed by atoms with E-state index in [1.54, 1.807) is 19.2 Å². The van der Waals surface area contributed by atoms with Crippen molar-refractivity contribution in [1.82, 2.24) is 15.1 Å². The maximum Gasteiger partial charge on any atom is 0.419 e. The summed E-state index contributed by atoms with van der Waals surface area (Å²) in [5.41, 5.74) is 1.70. The normalized spacial score (nSPS) is 15.6. The van der Waals surface area contributed by atoms with Gasteiger partial charge < -0.3 is 14.4 Å². The number of hydrogen-bond donors (Lipinski definition) is 1. The average molecular weight is 440 g/mol. The van der Waals surface area contributed by atoms with Crippen LogP contribution in [0.25, 0.3) is 11.3 Å². The Kier molecular flexibility index (Phi) is 8.00. The van der Waals surface area contributed by atoms with Gasteiger partial charge in [-0.3, -0.25) is 5.10 Å². The largest absolute Gasteiger partial charge is 0.492 e. The third-order valence-corrected chi connectivity index (χ3v) is 5.72. The molecular weight excluding hydrogens is 407 g/mol. The van der Waals surface area contributed by atoms with Crippen LogP contribution in [0.2, 0.25) is 0 Å². The molecule has 1 aliphatic rings. The van der Waals surface area contributed by atoms with Gasteiger partial charge in [-0.05, 0) is 63.4 Å². The van der Waals surface area contributed by atoms with Gasteiger partial charge in [0.05, 0.1) is 24.1 Å². The highest BCUT2D eigenvalue weighted by atomic mass is 19.4. The Hall–Kier alpha value is -2.06. The zero-order valence-corrected chi connectivity index (χ0v) is 18.5. The minimum Gasteiger partial charge on any atom is -0.492 e. The van der Waals surface area contributed by atoms with E-state index in [4.69, 9.17) is 9.47 Å². The number of H-pyrrole nitrogens is 1. The Morgan fingerprint density at radius 2 is 2.00 bits per heavy atom. The van der Waals surface area contributed by atoms with E-state index >= 15 is 0 Å². The molecule has 8 heteroatoms. The molecule has 1 saturated heterocycles. The molecule has 1 aliphatic heterocycles. The van der Waals surface area contributed by atoms with Crippen LogP contribution in [-0.2, 0) is 17.5 Å². The van der Waals surface area contributed by atoms with Gasteiger partial charge >= 0.3 is 6.18 Å². The maximum atomic E-state index is 13.9. The second kappa shape index (κ2) is 10.5. The Bertz CT molecular complexity index is 845. The summed E-state index contributed by atoms with van der Waals surface area (Å²) in [6.07, 6.45) is 0.953. The van der Waals surface area contributed by atoms with Crippen molar-refractivity contribution in [1.29, 1.82) is 0 Å². The van der Waals surface area contributed by atoms with Crippen molar-refractivity contribution in [2.24, 2.45) is 5.92 Å². The summed E-state index contributed by atoms with van der Waals surface area (Å²) in [5.74, 6) is 0.135. The van der Waals surface area contributed by atoms with Crippen LogP contribution in [0.5, 0.6) is 5.75 Å². The van der Waals surface area contributed by atoms with Gasteiger partial charge in [0, 0.05) is 30.9 Å². The second-order valence-corrected chi connectivity index (χ2v) is 8.40. The third-order valence-electron chi connectivity index (χ3n) is 5.72. The fourth-order valence-corrected chi connectivity index (χ4v) is 3.91. The molecule has 2 heterocycles. The Labute approximate surface area is 181 Å². The van der Waals surface area contributed by atoms with Crippen molar-refractivity contribution < 1.29 is 22.6 Å². The van der Waals surface area contributed by atoms with Crippen molar-refractivity contribution in [2.75, 3.05) is 33.4 Å². The number of rotatable bonds is 9. The molecule has 2 aromatic rings. The molecule has 0 atom stereocenters. The maximum absolute atomic E-state index is 13.9. The van der Waals surface area contributed by atoms with E-state index in [1.165, 1.54) is 6.07 Å². The van der Waals surface area contributed by atoms with Gasteiger partial charge in [-0.2, -0.15) is 18.3 Å². The molecule has 0 aliphatic carbocycles. The first kappa shape index (κ1) is 23.6. The highest BCUT2D eigenvalue weighted by molar-refractivity contribution is 5.67. The topological polar surface area (TPSA) is 50.4 Å². The average Bonchev–Trinajstić information content (AvgIpc) is 3.19.